The zero-order chi connectivity index (χ0) is 16.8. The van der Waals surface area contributed by atoms with Crippen LogP contribution in [0.15, 0.2) is 10.3 Å². The van der Waals surface area contributed by atoms with E-state index in [-0.39, 0.29) is 17.7 Å². The van der Waals surface area contributed by atoms with Gasteiger partial charge in [-0.25, -0.2) is 5.53 Å². The van der Waals surface area contributed by atoms with E-state index in [2.05, 4.69) is 38.4 Å². The van der Waals surface area contributed by atoms with Crippen LogP contribution in [0.2, 0.25) is 0 Å². The highest BCUT2D eigenvalue weighted by molar-refractivity contribution is 8.00. The van der Waals surface area contributed by atoms with Crippen LogP contribution in [0.5, 0.6) is 0 Å². The molecular formula is C12H21F3N6OS. The van der Waals surface area contributed by atoms with Crippen LogP contribution in [-0.2, 0) is 0 Å². The normalized spacial score (nSPS) is 45.4. The third-order valence-electron chi connectivity index (χ3n) is 4.66. The first-order valence-corrected chi connectivity index (χ1v) is 8.48. The summed E-state index contributed by atoms with van der Waals surface area (Å²) in [5, 5.41) is 20.5. The quantitative estimate of drug-likeness (QED) is 0.583. The van der Waals surface area contributed by atoms with Gasteiger partial charge < -0.3 is 5.11 Å². The topological polar surface area (TPSA) is 84.3 Å². The molecule has 132 valence electrons. The van der Waals surface area contributed by atoms with Crippen LogP contribution < -0.4 is 16.3 Å². The van der Waals surface area contributed by atoms with Gasteiger partial charge in [-0.1, -0.05) is 12.1 Å². The lowest BCUT2D eigenvalue weighted by Gasteiger charge is -2.45. The van der Waals surface area contributed by atoms with Gasteiger partial charge in [0.25, 0.3) is 0 Å². The fourth-order valence-corrected chi connectivity index (χ4v) is 5.29. The van der Waals surface area contributed by atoms with Gasteiger partial charge in [-0.3, -0.25) is 10.2 Å². The molecule has 7 unspecified atom stereocenters. The molecule has 11 heteroatoms. The van der Waals surface area contributed by atoms with Crippen molar-refractivity contribution in [3.63, 3.8) is 0 Å². The molecule has 2 fully saturated rings. The second kappa shape index (κ2) is 6.36. The van der Waals surface area contributed by atoms with Gasteiger partial charge in [-0.05, 0) is 19.4 Å². The number of hydrogen-bond donors (Lipinski definition) is 4. The number of hydrazine groups is 1. The van der Waals surface area contributed by atoms with Gasteiger partial charge in [0.1, 0.15) is 18.4 Å². The van der Waals surface area contributed by atoms with Gasteiger partial charge in [0, 0.05) is 17.7 Å². The zero-order valence-corrected chi connectivity index (χ0v) is 13.6. The Kier molecular flexibility index (Phi) is 4.76. The van der Waals surface area contributed by atoms with E-state index in [9.17, 15) is 18.3 Å². The molecular weight excluding hydrogens is 333 g/mol. The fourth-order valence-electron chi connectivity index (χ4n) is 3.70. The molecule has 23 heavy (non-hydrogen) atoms. The van der Waals surface area contributed by atoms with Gasteiger partial charge in [0.05, 0.1) is 5.37 Å². The summed E-state index contributed by atoms with van der Waals surface area (Å²) < 4.78 is 39.6. The lowest BCUT2D eigenvalue weighted by atomic mass is 9.79. The van der Waals surface area contributed by atoms with Gasteiger partial charge in [-0.2, -0.15) is 18.6 Å². The average molecular weight is 354 g/mol. The summed E-state index contributed by atoms with van der Waals surface area (Å²) in [5.41, 5.74) is 5.29. The first kappa shape index (κ1) is 17.2. The van der Waals surface area contributed by atoms with Gasteiger partial charge in [-0.15, -0.1) is 16.9 Å². The molecule has 4 N–H and O–H groups in total. The Morgan fingerprint density at radius 2 is 2.09 bits per heavy atom. The molecule has 0 saturated carbocycles. The number of alkyl halides is 3. The van der Waals surface area contributed by atoms with Crippen LogP contribution in [0.3, 0.4) is 0 Å². The molecule has 0 aliphatic carbocycles. The Bertz CT molecular complexity index is 467. The Hall–Kier alpha value is -0.620. The van der Waals surface area contributed by atoms with Gasteiger partial charge >= 0.3 is 6.18 Å². The van der Waals surface area contributed by atoms with Crippen molar-refractivity contribution in [2.24, 2.45) is 22.2 Å². The molecule has 0 spiro atoms. The van der Waals surface area contributed by atoms with Crippen molar-refractivity contribution in [3.05, 3.63) is 0 Å². The predicted octanol–water partition coefficient (Wildman–Crippen LogP) is 0.656. The second-order valence-corrected chi connectivity index (χ2v) is 7.94. The van der Waals surface area contributed by atoms with Crippen LogP contribution in [0.25, 0.3) is 0 Å². The van der Waals surface area contributed by atoms with E-state index in [1.54, 1.807) is 11.8 Å². The van der Waals surface area contributed by atoms with Crippen LogP contribution in [-0.4, -0.2) is 58.8 Å². The van der Waals surface area contributed by atoms with Gasteiger partial charge in [0.2, 0.25) is 0 Å². The molecule has 3 aliphatic rings. The van der Waals surface area contributed by atoms with Crippen LogP contribution in [0.4, 0.5) is 13.2 Å². The van der Waals surface area contributed by atoms with E-state index in [0.717, 1.165) is 6.54 Å². The van der Waals surface area contributed by atoms with Crippen molar-refractivity contribution in [3.8, 4) is 0 Å². The number of halogens is 3. The highest BCUT2D eigenvalue weighted by Crippen LogP contribution is 2.44. The van der Waals surface area contributed by atoms with E-state index >= 15 is 0 Å². The molecule has 0 aromatic heterocycles. The maximum Gasteiger partial charge on any atom is 0.403 e. The maximum atomic E-state index is 13.2. The average Bonchev–Trinajstić information content (AvgIpc) is 3.06. The van der Waals surface area contributed by atoms with Gasteiger partial charge in [0.15, 0.2) is 0 Å². The summed E-state index contributed by atoms with van der Waals surface area (Å²) in [5.74, 6) is -0.869. The lowest BCUT2D eigenvalue weighted by Crippen LogP contribution is -2.63. The minimum Gasteiger partial charge on any atom is -0.378 e. The van der Waals surface area contributed by atoms with Crippen LogP contribution in [0.1, 0.15) is 13.3 Å². The summed E-state index contributed by atoms with van der Waals surface area (Å²) >= 11 is 1.66. The summed E-state index contributed by atoms with van der Waals surface area (Å²) in [7, 11) is 1.91. The Balaban J connectivity index is 1.86. The number of nitrogens with zero attached hydrogens (tertiary/aromatic N) is 3. The zero-order valence-electron chi connectivity index (χ0n) is 12.8. The van der Waals surface area contributed by atoms with Crippen molar-refractivity contribution in [1.29, 1.82) is 0 Å². The summed E-state index contributed by atoms with van der Waals surface area (Å²) in [4.78, 5) is 2.07. The maximum absolute atomic E-state index is 13.2. The van der Waals surface area contributed by atoms with Crippen molar-refractivity contribution in [2.45, 2.75) is 48.6 Å². The summed E-state index contributed by atoms with van der Waals surface area (Å²) in [6.07, 6.45) is -6.34. The Morgan fingerprint density at radius 3 is 2.61 bits per heavy atom. The first-order chi connectivity index (χ1) is 10.8. The predicted molar refractivity (Wildman–Crippen MR) is 79.0 cm³/mol. The number of thioether (sulfide) groups is 1. The SMILES string of the molecule is CC1CN(C)C(C2CC(C(F)(F)F)NC(O)C2C2N=NNN2)S1. The summed E-state index contributed by atoms with van der Waals surface area (Å²) in [6.45, 7) is 2.88. The number of aliphatic hydroxyl groups excluding tert-OH is 1. The molecule has 7 nitrogen and oxygen atoms in total. The monoisotopic (exact) mass is 354 g/mol. The van der Waals surface area contributed by atoms with E-state index in [1.807, 2.05) is 7.05 Å². The molecule has 3 heterocycles. The van der Waals surface area contributed by atoms with E-state index in [4.69, 9.17) is 0 Å². The number of rotatable bonds is 2. The molecule has 0 amide bonds. The smallest absolute Gasteiger partial charge is 0.378 e. The van der Waals surface area contributed by atoms with Crippen LogP contribution >= 0.6 is 11.8 Å². The molecule has 3 rings (SSSR count). The molecule has 0 radical (unpaired) electrons. The van der Waals surface area contributed by atoms with E-state index in [1.165, 1.54) is 0 Å². The lowest BCUT2D eigenvalue weighted by molar-refractivity contribution is -0.187. The Morgan fingerprint density at radius 1 is 1.35 bits per heavy atom. The molecule has 0 aromatic rings. The van der Waals surface area contributed by atoms with Crippen molar-refractivity contribution >= 4 is 11.8 Å². The highest BCUT2D eigenvalue weighted by Gasteiger charge is 2.54. The Labute approximate surface area is 136 Å². The van der Waals surface area contributed by atoms with E-state index in [0.29, 0.717) is 5.25 Å². The summed E-state index contributed by atoms with van der Waals surface area (Å²) in [6, 6.07) is -1.71. The fraction of sp³-hybridized carbons (Fsp3) is 1.00. The number of piperidine rings is 1. The number of aliphatic hydroxyl groups is 1. The molecule has 3 aliphatic heterocycles. The highest BCUT2D eigenvalue weighted by atomic mass is 32.2. The molecule has 0 aromatic carbocycles. The minimum absolute atomic E-state index is 0.0887. The van der Waals surface area contributed by atoms with E-state index < -0.39 is 30.5 Å². The van der Waals surface area contributed by atoms with Crippen LogP contribution in [0, 0.1) is 11.8 Å². The van der Waals surface area contributed by atoms with Crippen molar-refractivity contribution in [1.82, 2.24) is 21.2 Å². The van der Waals surface area contributed by atoms with Crippen molar-refractivity contribution in [2.75, 3.05) is 13.6 Å². The molecule has 7 atom stereocenters. The minimum atomic E-state index is -4.39. The molecule has 0 bridgehead atoms. The first-order valence-electron chi connectivity index (χ1n) is 7.54. The third kappa shape index (κ3) is 3.43. The number of hydrogen-bond acceptors (Lipinski definition) is 8. The standard InChI is InChI=1S/C12H21F3N6OS/c1-5-4-21(2)11(23-5)6-3-7(12(13,14)15)16-10(22)8(6)9-17-19-20-18-9/h5-11,16,22H,3-4H2,1-2H3,(H,17,20)(H,18,19). The number of nitrogens with one attached hydrogen (secondary N) is 3. The third-order valence-corrected chi connectivity index (χ3v) is 6.26. The second-order valence-electron chi connectivity index (χ2n) is 6.38. The van der Waals surface area contributed by atoms with Crippen molar-refractivity contribution < 1.29 is 18.3 Å². The molecule has 2 saturated heterocycles. The largest absolute Gasteiger partial charge is 0.403 e.